The molecule has 4 nitrogen and oxygen atoms in total. The van der Waals surface area contributed by atoms with E-state index in [1.54, 1.807) is 6.07 Å². The largest absolute Gasteiger partial charge is 0.478 e. The second-order valence-electron chi connectivity index (χ2n) is 5.08. The standard InChI is InChI=1S/C14H20N2O2/c1-10-3-4-13(12(9-10)14(17)18)15-11-5-7-16(2)8-6-11/h3-4,9,11,15H,5-8H2,1-2H3,(H,17,18). The van der Waals surface area contributed by atoms with Crippen LogP contribution in [-0.2, 0) is 0 Å². The lowest BCUT2D eigenvalue weighted by Crippen LogP contribution is -2.37. The molecule has 0 radical (unpaired) electrons. The first-order chi connectivity index (χ1) is 8.56. The molecule has 2 rings (SSSR count). The molecular formula is C14H20N2O2. The van der Waals surface area contributed by atoms with Gasteiger partial charge in [0, 0.05) is 11.7 Å². The molecule has 0 aliphatic carbocycles. The zero-order chi connectivity index (χ0) is 13.1. The quantitative estimate of drug-likeness (QED) is 0.861. The molecular weight excluding hydrogens is 228 g/mol. The van der Waals surface area contributed by atoms with Crippen molar-refractivity contribution >= 4 is 11.7 Å². The molecule has 0 saturated carbocycles. The van der Waals surface area contributed by atoms with Gasteiger partial charge in [-0.05, 0) is 52.0 Å². The van der Waals surface area contributed by atoms with Crippen molar-refractivity contribution in [1.82, 2.24) is 4.90 Å². The van der Waals surface area contributed by atoms with Crippen LogP contribution in [0.1, 0.15) is 28.8 Å². The first-order valence-corrected chi connectivity index (χ1v) is 6.35. The third-order valence-corrected chi connectivity index (χ3v) is 3.48. The molecule has 0 unspecified atom stereocenters. The van der Waals surface area contributed by atoms with Gasteiger partial charge in [-0.1, -0.05) is 11.6 Å². The van der Waals surface area contributed by atoms with Gasteiger partial charge in [0.15, 0.2) is 0 Å². The molecule has 4 heteroatoms. The Morgan fingerprint density at radius 1 is 1.39 bits per heavy atom. The van der Waals surface area contributed by atoms with Crippen molar-refractivity contribution in [3.63, 3.8) is 0 Å². The number of anilines is 1. The van der Waals surface area contributed by atoms with Crippen molar-refractivity contribution in [3.8, 4) is 0 Å². The van der Waals surface area contributed by atoms with E-state index in [9.17, 15) is 9.90 Å². The lowest BCUT2D eigenvalue weighted by Gasteiger charge is -2.30. The molecule has 0 aromatic heterocycles. The van der Waals surface area contributed by atoms with E-state index >= 15 is 0 Å². The van der Waals surface area contributed by atoms with Gasteiger partial charge in [-0.15, -0.1) is 0 Å². The predicted octanol–water partition coefficient (Wildman–Crippen LogP) is 2.20. The van der Waals surface area contributed by atoms with Crippen molar-refractivity contribution in [2.24, 2.45) is 0 Å². The third kappa shape index (κ3) is 3.01. The number of rotatable bonds is 3. The van der Waals surface area contributed by atoms with Gasteiger partial charge in [0.2, 0.25) is 0 Å². The normalized spacial score (nSPS) is 17.7. The van der Waals surface area contributed by atoms with Crippen LogP contribution >= 0.6 is 0 Å². The minimum Gasteiger partial charge on any atom is -0.478 e. The first kappa shape index (κ1) is 12.9. The van der Waals surface area contributed by atoms with Crippen molar-refractivity contribution in [1.29, 1.82) is 0 Å². The molecule has 1 aromatic carbocycles. The van der Waals surface area contributed by atoms with E-state index in [4.69, 9.17) is 0 Å². The van der Waals surface area contributed by atoms with E-state index in [1.165, 1.54) is 0 Å². The molecule has 1 aliphatic heterocycles. The summed E-state index contributed by atoms with van der Waals surface area (Å²) in [6, 6.07) is 5.92. The lowest BCUT2D eigenvalue weighted by molar-refractivity contribution is 0.0697. The molecule has 0 spiro atoms. The highest BCUT2D eigenvalue weighted by atomic mass is 16.4. The molecule has 1 fully saturated rings. The summed E-state index contributed by atoms with van der Waals surface area (Å²) in [6.07, 6.45) is 2.12. The molecule has 98 valence electrons. The summed E-state index contributed by atoms with van der Waals surface area (Å²) < 4.78 is 0. The molecule has 0 atom stereocenters. The summed E-state index contributed by atoms with van der Waals surface area (Å²) in [4.78, 5) is 13.5. The van der Waals surface area contributed by atoms with Gasteiger partial charge in [-0.3, -0.25) is 0 Å². The topological polar surface area (TPSA) is 52.6 Å². The number of benzene rings is 1. The van der Waals surface area contributed by atoms with Crippen LogP contribution in [0.15, 0.2) is 18.2 Å². The number of nitrogens with zero attached hydrogens (tertiary/aromatic N) is 1. The van der Waals surface area contributed by atoms with Crippen LogP contribution in [0.25, 0.3) is 0 Å². The van der Waals surface area contributed by atoms with Crippen molar-refractivity contribution in [2.75, 3.05) is 25.5 Å². The second kappa shape index (κ2) is 5.40. The average Bonchev–Trinajstić information content (AvgIpc) is 2.34. The molecule has 1 heterocycles. The Bertz CT molecular complexity index is 437. The van der Waals surface area contributed by atoms with Gasteiger partial charge in [-0.2, -0.15) is 0 Å². The Hall–Kier alpha value is -1.55. The molecule has 1 saturated heterocycles. The van der Waals surface area contributed by atoms with E-state index in [0.717, 1.165) is 37.2 Å². The van der Waals surface area contributed by atoms with Crippen LogP contribution in [0.4, 0.5) is 5.69 Å². The number of aromatic carboxylic acids is 1. The van der Waals surface area contributed by atoms with Gasteiger partial charge in [0.05, 0.1) is 5.56 Å². The average molecular weight is 248 g/mol. The SMILES string of the molecule is Cc1ccc(NC2CCN(C)CC2)c(C(=O)O)c1. The Labute approximate surface area is 108 Å². The molecule has 0 bridgehead atoms. The van der Waals surface area contributed by atoms with E-state index in [0.29, 0.717) is 11.6 Å². The second-order valence-corrected chi connectivity index (χ2v) is 5.08. The summed E-state index contributed by atoms with van der Waals surface area (Å²) in [5, 5.41) is 12.6. The smallest absolute Gasteiger partial charge is 0.337 e. The van der Waals surface area contributed by atoms with Crippen LogP contribution in [-0.4, -0.2) is 42.2 Å². The van der Waals surface area contributed by atoms with Gasteiger partial charge >= 0.3 is 5.97 Å². The predicted molar refractivity (Wildman–Crippen MR) is 72.3 cm³/mol. The van der Waals surface area contributed by atoms with Gasteiger partial charge < -0.3 is 15.3 Å². The lowest BCUT2D eigenvalue weighted by atomic mass is 10.0. The number of hydrogen-bond donors (Lipinski definition) is 2. The van der Waals surface area contributed by atoms with E-state index in [1.807, 2.05) is 19.1 Å². The Morgan fingerprint density at radius 3 is 2.67 bits per heavy atom. The summed E-state index contributed by atoms with van der Waals surface area (Å²) >= 11 is 0. The van der Waals surface area contributed by atoms with Gasteiger partial charge in [0.1, 0.15) is 0 Å². The summed E-state index contributed by atoms with van der Waals surface area (Å²) in [5.74, 6) is -0.867. The zero-order valence-electron chi connectivity index (χ0n) is 10.9. The number of carboxylic acids is 1. The first-order valence-electron chi connectivity index (χ1n) is 6.35. The fourth-order valence-electron chi connectivity index (χ4n) is 2.33. The van der Waals surface area contributed by atoms with Crippen LogP contribution < -0.4 is 5.32 Å². The molecule has 1 aliphatic rings. The summed E-state index contributed by atoms with van der Waals surface area (Å²) in [6.45, 7) is 4.03. The fourth-order valence-corrected chi connectivity index (χ4v) is 2.33. The van der Waals surface area contributed by atoms with Gasteiger partial charge in [-0.25, -0.2) is 4.79 Å². The van der Waals surface area contributed by atoms with Crippen molar-refractivity contribution in [2.45, 2.75) is 25.8 Å². The highest BCUT2D eigenvalue weighted by Crippen LogP contribution is 2.21. The highest BCUT2D eigenvalue weighted by Gasteiger charge is 2.18. The Balaban J connectivity index is 2.11. The van der Waals surface area contributed by atoms with E-state index in [-0.39, 0.29) is 0 Å². The van der Waals surface area contributed by atoms with E-state index in [2.05, 4.69) is 17.3 Å². The maximum Gasteiger partial charge on any atom is 0.337 e. The molecule has 1 aromatic rings. The van der Waals surface area contributed by atoms with Gasteiger partial charge in [0.25, 0.3) is 0 Å². The van der Waals surface area contributed by atoms with Crippen molar-refractivity contribution in [3.05, 3.63) is 29.3 Å². The zero-order valence-corrected chi connectivity index (χ0v) is 10.9. The minimum atomic E-state index is -0.867. The van der Waals surface area contributed by atoms with Crippen molar-refractivity contribution < 1.29 is 9.90 Å². The Morgan fingerprint density at radius 2 is 2.06 bits per heavy atom. The maximum atomic E-state index is 11.2. The van der Waals surface area contributed by atoms with Crippen LogP contribution in [0.2, 0.25) is 0 Å². The fraction of sp³-hybridized carbons (Fsp3) is 0.500. The number of carboxylic acid groups (broad SMARTS) is 1. The number of hydrogen-bond acceptors (Lipinski definition) is 3. The number of piperidine rings is 1. The van der Waals surface area contributed by atoms with Crippen LogP contribution in [0, 0.1) is 6.92 Å². The number of aryl methyl sites for hydroxylation is 1. The van der Waals surface area contributed by atoms with Crippen LogP contribution in [0.3, 0.4) is 0 Å². The summed E-state index contributed by atoms with van der Waals surface area (Å²) in [5.41, 5.74) is 2.08. The number of likely N-dealkylation sites (tertiary alicyclic amines) is 1. The number of carbonyl (C=O) groups is 1. The third-order valence-electron chi connectivity index (χ3n) is 3.48. The van der Waals surface area contributed by atoms with Crippen LogP contribution in [0.5, 0.6) is 0 Å². The molecule has 2 N–H and O–H groups in total. The number of nitrogens with one attached hydrogen (secondary N) is 1. The monoisotopic (exact) mass is 248 g/mol. The minimum absolute atomic E-state index is 0.369. The molecule has 18 heavy (non-hydrogen) atoms. The maximum absolute atomic E-state index is 11.2. The molecule has 0 amide bonds. The Kier molecular flexibility index (Phi) is 3.87. The highest BCUT2D eigenvalue weighted by molar-refractivity contribution is 5.94. The van der Waals surface area contributed by atoms with E-state index < -0.39 is 5.97 Å². The summed E-state index contributed by atoms with van der Waals surface area (Å²) in [7, 11) is 2.12.